The van der Waals surface area contributed by atoms with Gasteiger partial charge < -0.3 is 15.7 Å². The van der Waals surface area contributed by atoms with Crippen molar-refractivity contribution >= 4 is 11.6 Å². The van der Waals surface area contributed by atoms with Crippen molar-refractivity contribution < 1.29 is 9.90 Å². The number of hydrogen-bond donors (Lipinski definition) is 2. The lowest BCUT2D eigenvalue weighted by molar-refractivity contribution is -0.130. The maximum Gasteiger partial charge on any atom is 0.219 e. The second-order valence-corrected chi connectivity index (χ2v) is 5.44. The van der Waals surface area contributed by atoms with Gasteiger partial charge in [0.05, 0.1) is 6.10 Å². The van der Waals surface area contributed by atoms with Gasteiger partial charge in [0.25, 0.3) is 0 Å². The standard InChI is InChI=1S/C15H23N3O2/c1-11-3-4-13(9-14(11)16)15(20)10-17-5-7-18(8-6-17)12(2)19/h3-4,9,15,20H,5-8,10,16H2,1-2H3. The van der Waals surface area contributed by atoms with E-state index in [9.17, 15) is 9.90 Å². The molecule has 0 radical (unpaired) electrons. The minimum atomic E-state index is -0.540. The van der Waals surface area contributed by atoms with Crippen LogP contribution in [0.15, 0.2) is 18.2 Å². The van der Waals surface area contributed by atoms with Crippen molar-refractivity contribution in [1.82, 2.24) is 9.80 Å². The molecule has 5 heteroatoms. The Morgan fingerprint density at radius 2 is 2.00 bits per heavy atom. The highest BCUT2D eigenvalue weighted by Gasteiger charge is 2.21. The van der Waals surface area contributed by atoms with Crippen LogP contribution in [0.2, 0.25) is 0 Å². The lowest BCUT2D eigenvalue weighted by atomic mass is 10.0. The molecule has 20 heavy (non-hydrogen) atoms. The minimum Gasteiger partial charge on any atom is -0.399 e. The third-order valence-electron chi connectivity index (χ3n) is 3.94. The molecule has 110 valence electrons. The quantitative estimate of drug-likeness (QED) is 0.801. The van der Waals surface area contributed by atoms with E-state index in [1.165, 1.54) is 0 Å². The van der Waals surface area contributed by atoms with E-state index in [0.29, 0.717) is 12.2 Å². The lowest BCUT2D eigenvalue weighted by Crippen LogP contribution is -2.48. The van der Waals surface area contributed by atoms with E-state index in [2.05, 4.69) is 4.90 Å². The van der Waals surface area contributed by atoms with Gasteiger partial charge in [-0.2, -0.15) is 0 Å². The summed E-state index contributed by atoms with van der Waals surface area (Å²) in [6.45, 7) is 7.20. The van der Waals surface area contributed by atoms with E-state index in [-0.39, 0.29) is 5.91 Å². The van der Waals surface area contributed by atoms with Gasteiger partial charge in [-0.3, -0.25) is 9.69 Å². The van der Waals surface area contributed by atoms with Crippen LogP contribution in [0, 0.1) is 6.92 Å². The number of anilines is 1. The SMILES string of the molecule is CC(=O)N1CCN(CC(O)c2ccc(C)c(N)c2)CC1. The number of aryl methyl sites for hydroxylation is 1. The number of carbonyl (C=O) groups is 1. The summed E-state index contributed by atoms with van der Waals surface area (Å²) in [6.07, 6.45) is -0.540. The molecule has 1 aromatic rings. The van der Waals surface area contributed by atoms with Crippen LogP contribution in [-0.4, -0.2) is 53.5 Å². The van der Waals surface area contributed by atoms with Gasteiger partial charge >= 0.3 is 0 Å². The summed E-state index contributed by atoms with van der Waals surface area (Å²) in [5.41, 5.74) is 8.46. The second-order valence-electron chi connectivity index (χ2n) is 5.44. The van der Waals surface area contributed by atoms with Crippen LogP contribution < -0.4 is 5.73 Å². The molecule has 2 rings (SSSR count). The van der Waals surface area contributed by atoms with Gasteiger partial charge in [-0.1, -0.05) is 12.1 Å². The number of piperazine rings is 1. The van der Waals surface area contributed by atoms with Crippen molar-refractivity contribution in [2.24, 2.45) is 0 Å². The topological polar surface area (TPSA) is 69.8 Å². The summed E-state index contributed by atoms with van der Waals surface area (Å²) >= 11 is 0. The Morgan fingerprint density at radius 3 is 2.55 bits per heavy atom. The van der Waals surface area contributed by atoms with Crippen LogP contribution >= 0.6 is 0 Å². The average Bonchev–Trinajstić information content (AvgIpc) is 2.42. The number of nitrogen functional groups attached to an aromatic ring is 1. The summed E-state index contributed by atoms with van der Waals surface area (Å²) in [6, 6.07) is 5.69. The van der Waals surface area contributed by atoms with Gasteiger partial charge in [0, 0.05) is 45.3 Å². The summed E-state index contributed by atoms with van der Waals surface area (Å²) in [5.74, 6) is 0.122. The van der Waals surface area contributed by atoms with E-state index < -0.39 is 6.10 Å². The lowest BCUT2D eigenvalue weighted by Gasteiger charge is -2.35. The molecule has 1 unspecified atom stereocenters. The zero-order chi connectivity index (χ0) is 14.7. The number of nitrogens with two attached hydrogens (primary N) is 1. The maximum atomic E-state index is 11.3. The Morgan fingerprint density at radius 1 is 1.35 bits per heavy atom. The fourth-order valence-electron chi connectivity index (χ4n) is 2.46. The monoisotopic (exact) mass is 277 g/mol. The van der Waals surface area contributed by atoms with Gasteiger partial charge in [0.15, 0.2) is 0 Å². The summed E-state index contributed by atoms with van der Waals surface area (Å²) in [4.78, 5) is 15.3. The minimum absolute atomic E-state index is 0.122. The first-order valence-corrected chi connectivity index (χ1v) is 6.99. The van der Waals surface area contributed by atoms with Crippen molar-refractivity contribution in [2.75, 3.05) is 38.5 Å². The average molecular weight is 277 g/mol. The molecule has 0 bridgehead atoms. The number of aliphatic hydroxyl groups is 1. The Labute approximate surface area is 120 Å². The number of aliphatic hydroxyl groups excluding tert-OH is 1. The summed E-state index contributed by atoms with van der Waals surface area (Å²) < 4.78 is 0. The predicted molar refractivity (Wildman–Crippen MR) is 79.2 cm³/mol. The van der Waals surface area contributed by atoms with E-state index >= 15 is 0 Å². The Kier molecular flexibility index (Phi) is 4.62. The molecule has 1 aliphatic rings. The number of benzene rings is 1. The molecule has 1 aromatic carbocycles. The molecule has 1 fully saturated rings. The summed E-state index contributed by atoms with van der Waals surface area (Å²) in [7, 11) is 0. The van der Waals surface area contributed by atoms with Crippen molar-refractivity contribution in [3.8, 4) is 0 Å². The smallest absolute Gasteiger partial charge is 0.219 e. The molecular formula is C15H23N3O2. The van der Waals surface area contributed by atoms with Crippen LogP contribution in [0.1, 0.15) is 24.2 Å². The molecule has 0 aromatic heterocycles. The van der Waals surface area contributed by atoms with Gasteiger partial charge in [0.2, 0.25) is 5.91 Å². The Hall–Kier alpha value is -1.59. The van der Waals surface area contributed by atoms with E-state index in [1.54, 1.807) is 6.92 Å². The van der Waals surface area contributed by atoms with Gasteiger partial charge in [-0.25, -0.2) is 0 Å². The number of nitrogens with zero attached hydrogens (tertiary/aromatic N) is 2. The van der Waals surface area contributed by atoms with Crippen molar-refractivity contribution in [3.63, 3.8) is 0 Å². The van der Waals surface area contributed by atoms with Crippen LogP contribution in [-0.2, 0) is 4.79 Å². The van der Waals surface area contributed by atoms with E-state index in [1.807, 2.05) is 30.0 Å². The molecule has 3 N–H and O–H groups in total. The van der Waals surface area contributed by atoms with Gasteiger partial charge in [-0.15, -0.1) is 0 Å². The molecular weight excluding hydrogens is 254 g/mol. The Balaban J connectivity index is 1.90. The molecule has 1 heterocycles. The first-order chi connectivity index (χ1) is 9.47. The zero-order valence-electron chi connectivity index (χ0n) is 12.2. The number of rotatable bonds is 3. The largest absolute Gasteiger partial charge is 0.399 e. The highest BCUT2D eigenvalue weighted by atomic mass is 16.3. The van der Waals surface area contributed by atoms with Crippen molar-refractivity contribution in [1.29, 1.82) is 0 Å². The van der Waals surface area contributed by atoms with Crippen LogP contribution in [0.25, 0.3) is 0 Å². The van der Waals surface area contributed by atoms with Crippen molar-refractivity contribution in [2.45, 2.75) is 20.0 Å². The molecule has 1 amide bonds. The maximum absolute atomic E-state index is 11.3. The fourth-order valence-corrected chi connectivity index (χ4v) is 2.46. The van der Waals surface area contributed by atoms with Crippen molar-refractivity contribution in [3.05, 3.63) is 29.3 Å². The number of carbonyl (C=O) groups excluding carboxylic acids is 1. The first-order valence-electron chi connectivity index (χ1n) is 6.99. The van der Waals surface area contributed by atoms with E-state index in [4.69, 9.17) is 5.73 Å². The number of amides is 1. The predicted octanol–water partition coefficient (Wildman–Crippen LogP) is 0.775. The molecule has 5 nitrogen and oxygen atoms in total. The Bertz CT molecular complexity index is 482. The van der Waals surface area contributed by atoms with Crippen LogP contribution in [0.4, 0.5) is 5.69 Å². The first kappa shape index (κ1) is 14.8. The molecule has 0 aliphatic carbocycles. The molecule has 1 saturated heterocycles. The number of β-amino-alcohol motifs (C(OH)–C–C–N with tert-alkyl or cyclic N) is 1. The molecule has 0 spiro atoms. The zero-order valence-corrected chi connectivity index (χ0v) is 12.2. The highest BCUT2D eigenvalue weighted by Crippen LogP contribution is 2.20. The highest BCUT2D eigenvalue weighted by molar-refractivity contribution is 5.73. The van der Waals surface area contributed by atoms with Crippen LogP contribution in [0.3, 0.4) is 0 Å². The fraction of sp³-hybridized carbons (Fsp3) is 0.533. The third kappa shape index (κ3) is 3.49. The third-order valence-corrected chi connectivity index (χ3v) is 3.94. The van der Waals surface area contributed by atoms with Crippen LogP contribution in [0.5, 0.6) is 0 Å². The normalized spacial score (nSPS) is 18.1. The van der Waals surface area contributed by atoms with Gasteiger partial charge in [-0.05, 0) is 24.1 Å². The second kappa shape index (κ2) is 6.24. The summed E-state index contributed by atoms with van der Waals surface area (Å²) in [5, 5.41) is 10.3. The molecule has 0 saturated carbocycles. The van der Waals surface area contributed by atoms with E-state index in [0.717, 1.165) is 37.3 Å². The van der Waals surface area contributed by atoms with Gasteiger partial charge in [0.1, 0.15) is 0 Å². The molecule has 1 aliphatic heterocycles. The molecule has 1 atom stereocenters. The number of hydrogen-bond acceptors (Lipinski definition) is 4.